The van der Waals surface area contributed by atoms with Gasteiger partial charge in [-0.2, -0.15) is 0 Å². The van der Waals surface area contributed by atoms with Gasteiger partial charge in [-0.15, -0.1) is 22.7 Å². The third kappa shape index (κ3) is 3.41. The first-order valence-corrected chi connectivity index (χ1v) is 7.44. The summed E-state index contributed by atoms with van der Waals surface area (Å²) in [6.45, 7) is 0.618. The molecule has 2 heterocycles. The van der Waals surface area contributed by atoms with Crippen LogP contribution in [-0.2, 0) is 9.53 Å². The fourth-order valence-electron chi connectivity index (χ4n) is 1.67. The number of rotatable bonds is 6. The zero-order valence-corrected chi connectivity index (χ0v) is 11.7. The Balaban J connectivity index is 2.00. The minimum absolute atomic E-state index is 0.176. The highest BCUT2D eigenvalue weighted by atomic mass is 32.1. The van der Waals surface area contributed by atoms with Crippen molar-refractivity contribution in [3.8, 4) is 0 Å². The molecular formula is C13H15NO2S2. The van der Waals surface area contributed by atoms with Crippen molar-refractivity contribution in [3.63, 3.8) is 0 Å². The van der Waals surface area contributed by atoms with Gasteiger partial charge in [0.25, 0.3) is 0 Å². The van der Waals surface area contributed by atoms with Gasteiger partial charge in [0, 0.05) is 16.3 Å². The summed E-state index contributed by atoms with van der Waals surface area (Å²) in [5.41, 5.74) is 0. The molecular weight excluding hydrogens is 266 g/mol. The normalized spacial score (nSPS) is 10.8. The Morgan fingerprint density at radius 2 is 1.89 bits per heavy atom. The fraction of sp³-hybridized carbons (Fsp3) is 0.308. The molecule has 1 N–H and O–H groups in total. The van der Waals surface area contributed by atoms with Crippen molar-refractivity contribution >= 4 is 28.6 Å². The van der Waals surface area contributed by atoms with Crippen LogP contribution in [-0.4, -0.2) is 19.6 Å². The molecule has 3 nitrogen and oxygen atoms in total. The molecule has 0 saturated carbocycles. The highest BCUT2D eigenvalue weighted by Gasteiger charge is 2.15. The molecule has 0 bridgehead atoms. The van der Waals surface area contributed by atoms with E-state index in [4.69, 9.17) is 0 Å². The molecule has 0 aliphatic heterocycles. The third-order valence-corrected chi connectivity index (χ3v) is 4.43. The predicted molar refractivity (Wildman–Crippen MR) is 75.1 cm³/mol. The van der Waals surface area contributed by atoms with Gasteiger partial charge in [0.1, 0.15) is 0 Å². The molecule has 2 aromatic heterocycles. The number of esters is 1. The second-order valence-corrected chi connectivity index (χ2v) is 5.70. The highest BCUT2D eigenvalue weighted by Crippen LogP contribution is 2.28. The van der Waals surface area contributed by atoms with Crippen LogP contribution in [0.5, 0.6) is 0 Å². The molecule has 0 aliphatic carbocycles. The van der Waals surface area contributed by atoms with Crippen molar-refractivity contribution in [1.29, 1.82) is 0 Å². The first kappa shape index (κ1) is 13.3. The topological polar surface area (TPSA) is 38.3 Å². The smallest absolute Gasteiger partial charge is 0.306 e. The maximum absolute atomic E-state index is 11.1. The monoisotopic (exact) mass is 281 g/mol. The number of nitrogens with one attached hydrogen (secondary N) is 1. The SMILES string of the molecule is COC(=O)CCNC(c1cccs1)c1cccs1. The Labute approximate surface area is 114 Å². The zero-order valence-electron chi connectivity index (χ0n) is 10.1. The summed E-state index contributed by atoms with van der Waals surface area (Å²) in [6.07, 6.45) is 0.393. The first-order valence-electron chi connectivity index (χ1n) is 5.68. The molecule has 0 aliphatic rings. The largest absolute Gasteiger partial charge is 0.469 e. The van der Waals surface area contributed by atoms with Crippen LogP contribution in [0.4, 0.5) is 0 Å². The number of carbonyl (C=O) groups is 1. The summed E-state index contributed by atoms with van der Waals surface area (Å²) in [4.78, 5) is 13.6. The van der Waals surface area contributed by atoms with Crippen LogP contribution >= 0.6 is 22.7 Å². The molecule has 0 aromatic carbocycles. The predicted octanol–water partition coefficient (Wildman–Crippen LogP) is 3.05. The summed E-state index contributed by atoms with van der Waals surface area (Å²) in [5.74, 6) is -0.182. The van der Waals surface area contributed by atoms with Crippen LogP contribution in [0.3, 0.4) is 0 Å². The Kier molecular flexibility index (Phi) is 4.92. The number of carbonyl (C=O) groups excluding carboxylic acids is 1. The molecule has 2 aromatic rings. The number of thiophene rings is 2. The molecule has 0 saturated heterocycles. The Morgan fingerprint density at radius 1 is 1.28 bits per heavy atom. The molecule has 0 atom stereocenters. The van der Waals surface area contributed by atoms with Gasteiger partial charge in [-0.25, -0.2) is 0 Å². The van der Waals surface area contributed by atoms with Crippen LogP contribution in [0.2, 0.25) is 0 Å². The van der Waals surface area contributed by atoms with Gasteiger partial charge in [-0.3, -0.25) is 4.79 Å². The van der Waals surface area contributed by atoms with Gasteiger partial charge in [-0.1, -0.05) is 12.1 Å². The molecule has 0 fully saturated rings. The Bertz CT molecular complexity index is 431. The Morgan fingerprint density at radius 3 is 2.33 bits per heavy atom. The lowest BCUT2D eigenvalue weighted by atomic mass is 10.2. The van der Waals surface area contributed by atoms with Crippen molar-refractivity contribution in [2.24, 2.45) is 0 Å². The van der Waals surface area contributed by atoms with Gasteiger partial charge >= 0.3 is 5.97 Å². The molecule has 0 spiro atoms. The van der Waals surface area contributed by atoms with Gasteiger partial charge in [0.05, 0.1) is 19.6 Å². The first-order chi connectivity index (χ1) is 8.81. The molecule has 0 unspecified atom stereocenters. The molecule has 0 amide bonds. The van der Waals surface area contributed by atoms with E-state index in [0.717, 1.165) is 0 Å². The summed E-state index contributed by atoms with van der Waals surface area (Å²) < 4.78 is 4.64. The van der Waals surface area contributed by atoms with Gasteiger partial charge in [0.15, 0.2) is 0 Å². The maximum atomic E-state index is 11.1. The van der Waals surface area contributed by atoms with E-state index in [9.17, 15) is 4.79 Å². The number of methoxy groups -OCH3 is 1. The quantitative estimate of drug-likeness (QED) is 0.827. The molecule has 5 heteroatoms. The van der Waals surface area contributed by atoms with Crippen LogP contribution in [0.25, 0.3) is 0 Å². The number of ether oxygens (including phenoxy) is 1. The van der Waals surface area contributed by atoms with Crippen molar-refractivity contribution < 1.29 is 9.53 Å². The number of hydrogen-bond donors (Lipinski definition) is 1. The molecule has 2 rings (SSSR count). The average molecular weight is 281 g/mol. The lowest BCUT2D eigenvalue weighted by molar-refractivity contribution is -0.140. The zero-order chi connectivity index (χ0) is 12.8. The van der Waals surface area contributed by atoms with E-state index in [-0.39, 0.29) is 12.0 Å². The lowest BCUT2D eigenvalue weighted by Gasteiger charge is -2.15. The molecule has 96 valence electrons. The van der Waals surface area contributed by atoms with Crippen LogP contribution in [0.15, 0.2) is 35.0 Å². The minimum Gasteiger partial charge on any atom is -0.469 e. The second kappa shape index (κ2) is 6.68. The summed E-state index contributed by atoms with van der Waals surface area (Å²) >= 11 is 3.44. The standard InChI is InChI=1S/C13H15NO2S2/c1-16-12(15)6-7-14-13(10-4-2-8-17-10)11-5-3-9-18-11/h2-5,8-9,13-14H,6-7H2,1H3. The summed E-state index contributed by atoms with van der Waals surface area (Å²) in [7, 11) is 1.42. The van der Waals surface area contributed by atoms with E-state index in [1.807, 2.05) is 12.1 Å². The fourth-order valence-corrected chi connectivity index (χ4v) is 3.38. The van der Waals surface area contributed by atoms with Crippen molar-refractivity contribution in [1.82, 2.24) is 5.32 Å². The van der Waals surface area contributed by atoms with E-state index in [0.29, 0.717) is 13.0 Å². The van der Waals surface area contributed by atoms with Crippen LogP contribution in [0, 0.1) is 0 Å². The molecule has 18 heavy (non-hydrogen) atoms. The highest BCUT2D eigenvalue weighted by molar-refractivity contribution is 7.11. The van der Waals surface area contributed by atoms with Crippen molar-refractivity contribution in [2.75, 3.05) is 13.7 Å². The van der Waals surface area contributed by atoms with Crippen molar-refractivity contribution in [3.05, 3.63) is 44.8 Å². The van der Waals surface area contributed by atoms with E-state index < -0.39 is 0 Å². The van der Waals surface area contributed by atoms with Crippen LogP contribution in [0.1, 0.15) is 22.2 Å². The van der Waals surface area contributed by atoms with E-state index in [1.165, 1.54) is 16.9 Å². The number of hydrogen-bond acceptors (Lipinski definition) is 5. The Hall–Kier alpha value is -1.17. The average Bonchev–Trinajstić information content (AvgIpc) is 3.06. The minimum atomic E-state index is -0.182. The third-order valence-electron chi connectivity index (χ3n) is 2.56. The lowest BCUT2D eigenvalue weighted by Crippen LogP contribution is -2.24. The summed E-state index contributed by atoms with van der Waals surface area (Å²) in [5, 5.41) is 7.54. The van der Waals surface area contributed by atoms with E-state index >= 15 is 0 Å². The van der Waals surface area contributed by atoms with Gasteiger partial charge in [0.2, 0.25) is 0 Å². The van der Waals surface area contributed by atoms with Gasteiger partial charge < -0.3 is 10.1 Å². The van der Waals surface area contributed by atoms with Crippen LogP contribution < -0.4 is 5.32 Å². The molecule has 0 radical (unpaired) electrons. The van der Waals surface area contributed by atoms with Crippen molar-refractivity contribution in [2.45, 2.75) is 12.5 Å². The maximum Gasteiger partial charge on any atom is 0.306 e. The van der Waals surface area contributed by atoms with Gasteiger partial charge in [-0.05, 0) is 22.9 Å². The van der Waals surface area contributed by atoms with E-state index in [1.54, 1.807) is 22.7 Å². The van der Waals surface area contributed by atoms with E-state index in [2.05, 4.69) is 32.9 Å². The second-order valence-electron chi connectivity index (χ2n) is 3.74. The summed E-state index contributed by atoms with van der Waals surface area (Å²) in [6, 6.07) is 8.49.